The maximum Gasteiger partial charge on any atom is 0.0640 e. The quantitative estimate of drug-likeness (QED) is 0.918. The Labute approximate surface area is 119 Å². The van der Waals surface area contributed by atoms with Crippen LogP contribution in [0.15, 0.2) is 18.2 Å². The van der Waals surface area contributed by atoms with Gasteiger partial charge in [0.25, 0.3) is 0 Å². The highest BCUT2D eigenvalue weighted by Crippen LogP contribution is 2.34. The van der Waals surface area contributed by atoms with Gasteiger partial charge in [-0.1, -0.05) is 42.3 Å². The zero-order chi connectivity index (χ0) is 13.1. The second kappa shape index (κ2) is 6.25. The average Bonchev–Trinajstić information content (AvgIpc) is 2.35. The summed E-state index contributed by atoms with van der Waals surface area (Å²) in [6.07, 6.45) is 2.53. The van der Waals surface area contributed by atoms with E-state index in [9.17, 15) is 0 Å². The van der Waals surface area contributed by atoms with Gasteiger partial charge in [-0.05, 0) is 36.9 Å². The predicted molar refractivity (Wildman–Crippen MR) is 78.2 cm³/mol. The lowest BCUT2D eigenvalue weighted by Gasteiger charge is -2.37. The standard InChI is InChI=1S/C14H20Cl2N2/c1-10-4-3-7-18(9-10)13(8-17)11-5-2-6-12(15)14(11)16/h2,5-6,10,13H,3-4,7-9,17H2,1H3/t10-,13-/m1/s1. The second-order valence-electron chi connectivity index (χ2n) is 5.14. The molecule has 1 fully saturated rings. The monoisotopic (exact) mass is 286 g/mol. The lowest BCUT2D eigenvalue weighted by molar-refractivity contribution is 0.133. The molecule has 1 saturated heterocycles. The van der Waals surface area contributed by atoms with Crippen LogP contribution in [0.5, 0.6) is 0 Å². The number of halogens is 2. The second-order valence-corrected chi connectivity index (χ2v) is 5.92. The molecule has 1 aliphatic heterocycles. The molecule has 2 nitrogen and oxygen atoms in total. The summed E-state index contributed by atoms with van der Waals surface area (Å²) in [6.45, 7) is 5.05. The molecule has 1 heterocycles. The van der Waals surface area contributed by atoms with E-state index in [0.717, 1.165) is 24.6 Å². The Morgan fingerprint density at radius 3 is 2.89 bits per heavy atom. The molecule has 1 aromatic carbocycles. The molecule has 0 radical (unpaired) electrons. The maximum atomic E-state index is 6.31. The number of hydrogen-bond donors (Lipinski definition) is 1. The van der Waals surface area contributed by atoms with E-state index in [4.69, 9.17) is 28.9 Å². The van der Waals surface area contributed by atoms with Crippen molar-refractivity contribution in [2.45, 2.75) is 25.8 Å². The van der Waals surface area contributed by atoms with Crippen LogP contribution in [0.2, 0.25) is 10.0 Å². The summed E-state index contributed by atoms with van der Waals surface area (Å²) in [7, 11) is 0. The molecule has 0 bridgehead atoms. The molecule has 0 saturated carbocycles. The summed E-state index contributed by atoms with van der Waals surface area (Å²) in [4.78, 5) is 2.44. The van der Waals surface area contributed by atoms with Gasteiger partial charge in [0.2, 0.25) is 0 Å². The fourth-order valence-corrected chi connectivity index (χ4v) is 3.19. The van der Waals surface area contributed by atoms with E-state index >= 15 is 0 Å². The van der Waals surface area contributed by atoms with E-state index in [0.29, 0.717) is 16.6 Å². The van der Waals surface area contributed by atoms with Crippen LogP contribution in [-0.2, 0) is 0 Å². The van der Waals surface area contributed by atoms with Gasteiger partial charge in [0.15, 0.2) is 0 Å². The third kappa shape index (κ3) is 3.00. The van der Waals surface area contributed by atoms with Gasteiger partial charge < -0.3 is 5.73 Å². The van der Waals surface area contributed by atoms with Crippen molar-refractivity contribution in [3.05, 3.63) is 33.8 Å². The van der Waals surface area contributed by atoms with Crippen LogP contribution in [-0.4, -0.2) is 24.5 Å². The lowest BCUT2D eigenvalue weighted by atomic mass is 9.96. The molecular formula is C14H20Cl2N2. The lowest BCUT2D eigenvalue weighted by Crippen LogP contribution is -2.40. The van der Waals surface area contributed by atoms with Crippen LogP contribution in [0, 0.1) is 5.92 Å². The predicted octanol–water partition coefficient (Wildman–Crippen LogP) is 3.73. The highest BCUT2D eigenvalue weighted by Gasteiger charge is 2.25. The average molecular weight is 287 g/mol. The number of likely N-dealkylation sites (tertiary alicyclic amines) is 1. The smallest absolute Gasteiger partial charge is 0.0640 e. The summed E-state index contributed by atoms with van der Waals surface area (Å²) in [6, 6.07) is 5.98. The highest BCUT2D eigenvalue weighted by atomic mass is 35.5. The molecule has 100 valence electrons. The Morgan fingerprint density at radius 2 is 2.22 bits per heavy atom. The van der Waals surface area contributed by atoms with Crippen molar-refractivity contribution >= 4 is 23.2 Å². The number of piperidine rings is 1. The van der Waals surface area contributed by atoms with Gasteiger partial charge >= 0.3 is 0 Å². The van der Waals surface area contributed by atoms with Gasteiger partial charge in [-0.25, -0.2) is 0 Å². The maximum absolute atomic E-state index is 6.31. The first-order valence-electron chi connectivity index (χ1n) is 6.51. The molecule has 0 aliphatic carbocycles. The summed E-state index contributed by atoms with van der Waals surface area (Å²) in [5.41, 5.74) is 7.01. The van der Waals surface area contributed by atoms with Gasteiger partial charge in [0.05, 0.1) is 10.0 Å². The SMILES string of the molecule is C[C@@H]1CCCN([C@H](CN)c2cccc(Cl)c2Cl)C1. The third-order valence-electron chi connectivity index (χ3n) is 3.69. The van der Waals surface area contributed by atoms with Crippen LogP contribution in [0.1, 0.15) is 31.4 Å². The van der Waals surface area contributed by atoms with Crippen molar-refractivity contribution in [3.63, 3.8) is 0 Å². The largest absolute Gasteiger partial charge is 0.329 e. The third-order valence-corrected chi connectivity index (χ3v) is 4.53. The van der Waals surface area contributed by atoms with Crippen molar-refractivity contribution in [1.29, 1.82) is 0 Å². The Morgan fingerprint density at radius 1 is 1.44 bits per heavy atom. The van der Waals surface area contributed by atoms with Crippen LogP contribution >= 0.6 is 23.2 Å². The topological polar surface area (TPSA) is 29.3 Å². The Balaban J connectivity index is 2.24. The summed E-state index contributed by atoms with van der Waals surface area (Å²) in [5, 5.41) is 1.26. The van der Waals surface area contributed by atoms with E-state index in [2.05, 4.69) is 11.8 Å². The van der Waals surface area contributed by atoms with Crippen LogP contribution in [0.3, 0.4) is 0 Å². The minimum Gasteiger partial charge on any atom is -0.329 e. The van der Waals surface area contributed by atoms with Gasteiger partial charge in [-0.3, -0.25) is 4.90 Å². The first-order chi connectivity index (χ1) is 8.63. The fourth-order valence-electron chi connectivity index (χ4n) is 2.76. The molecule has 0 spiro atoms. The normalized spacial score (nSPS) is 23.0. The molecule has 1 aromatic rings. The molecule has 1 aliphatic rings. The number of rotatable bonds is 3. The van der Waals surface area contributed by atoms with E-state index in [-0.39, 0.29) is 6.04 Å². The summed E-state index contributed by atoms with van der Waals surface area (Å²) in [5.74, 6) is 0.728. The molecule has 2 atom stereocenters. The minimum absolute atomic E-state index is 0.180. The summed E-state index contributed by atoms with van der Waals surface area (Å²) < 4.78 is 0. The molecule has 0 unspecified atom stereocenters. The number of hydrogen-bond acceptors (Lipinski definition) is 2. The van der Waals surface area contributed by atoms with Crippen molar-refractivity contribution in [2.75, 3.05) is 19.6 Å². The Kier molecular flexibility index (Phi) is 4.91. The van der Waals surface area contributed by atoms with Gasteiger partial charge in [0.1, 0.15) is 0 Å². The minimum atomic E-state index is 0.180. The van der Waals surface area contributed by atoms with Gasteiger partial charge in [-0.2, -0.15) is 0 Å². The summed E-state index contributed by atoms with van der Waals surface area (Å²) >= 11 is 12.4. The van der Waals surface area contributed by atoms with Gasteiger partial charge in [-0.15, -0.1) is 0 Å². The Bertz CT molecular complexity index is 409. The van der Waals surface area contributed by atoms with E-state index in [1.807, 2.05) is 18.2 Å². The Hall–Kier alpha value is -0.280. The number of nitrogens with two attached hydrogens (primary N) is 1. The van der Waals surface area contributed by atoms with Crippen LogP contribution in [0.25, 0.3) is 0 Å². The number of nitrogens with zero attached hydrogens (tertiary/aromatic N) is 1. The van der Waals surface area contributed by atoms with E-state index < -0.39 is 0 Å². The molecule has 4 heteroatoms. The molecule has 0 amide bonds. The van der Waals surface area contributed by atoms with Crippen LogP contribution in [0.4, 0.5) is 0 Å². The first-order valence-corrected chi connectivity index (χ1v) is 7.27. The molecule has 18 heavy (non-hydrogen) atoms. The first kappa shape index (κ1) is 14.1. The van der Waals surface area contributed by atoms with E-state index in [1.165, 1.54) is 12.8 Å². The van der Waals surface area contributed by atoms with Crippen molar-refractivity contribution < 1.29 is 0 Å². The molecule has 2 N–H and O–H groups in total. The van der Waals surface area contributed by atoms with E-state index in [1.54, 1.807) is 0 Å². The highest BCUT2D eigenvalue weighted by molar-refractivity contribution is 6.42. The van der Waals surface area contributed by atoms with Gasteiger partial charge in [0, 0.05) is 19.1 Å². The van der Waals surface area contributed by atoms with Crippen LogP contribution < -0.4 is 5.73 Å². The fraction of sp³-hybridized carbons (Fsp3) is 0.571. The van der Waals surface area contributed by atoms with Crippen molar-refractivity contribution in [2.24, 2.45) is 11.7 Å². The zero-order valence-electron chi connectivity index (χ0n) is 10.7. The molecular weight excluding hydrogens is 267 g/mol. The molecule has 2 rings (SSSR count). The van der Waals surface area contributed by atoms with Crippen molar-refractivity contribution in [3.8, 4) is 0 Å². The van der Waals surface area contributed by atoms with Crippen molar-refractivity contribution in [1.82, 2.24) is 4.90 Å². The zero-order valence-corrected chi connectivity index (χ0v) is 12.2. The molecule has 0 aromatic heterocycles. The number of benzene rings is 1.